The number of rotatable bonds is 3. The number of hydrogen-bond donors (Lipinski definition) is 1. The zero-order valence-electron chi connectivity index (χ0n) is 12.1. The first-order chi connectivity index (χ1) is 8.39. The zero-order valence-corrected chi connectivity index (χ0v) is 12.1. The van der Waals surface area contributed by atoms with Gasteiger partial charge in [0.25, 0.3) is 0 Å². The third-order valence-corrected chi connectivity index (χ3v) is 5.52. The Bertz CT molecular complexity index is 334. The molecule has 18 heavy (non-hydrogen) atoms. The van der Waals surface area contributed by atoms with Crippen LogP contribution in [0.1, 0.15) is 47.0 Å². The molecule has 1 aliphatic heterocycles. The predicted molar refractivity (Wildman–Crippen MR) is 72.9 cm³/mol. The quantitative estimate of drug-likeness (QED) is 0.782. The molecule has 0 spiro atoms. The third-order valence-electron chi connectivity index (χ3n) is 5.52. The smallest absolute Gasteiger partial charge is 0.405 e. The summed E-state index contributed by atoms with van der Waals surface area (Å²) >= 11 is 0. The molecule has 0 aromatic carbocycles. The van der Waals surface area contributed by atoms with E-state index in [2.05, 4.69) is 27.7 Å². The van der Waals surface area contributed by atoms with Gasteiger partial charge in [0.1, 0.15) is 0 Å². The number of nitrogens with two attached hydrogens (primary N) is 1. The Kier molecular flexibility index (Phi) is 3.04. The molecular weight excluding hydrogens is 225 g/mol. The monoisotopic (exact) mass is 251 g/mol. The van der Waals surface area contributed by atoms with Gasteiger partial charge in [-0.3, -0.25) is 0 Å². The Morgan fingerprint density at radius 3 is 2.61 bits per heavy atom. The van der Waals surface area contributed by atoms with Crippen LogP contribution >= 0.6 is 0 Å². The predicted octanol–water partition coefficient (Wildman–Crippen LogP) is 2.24. The lowest BCUT2D eigenvalue weighted by Crippen LogP contribution is -2.59. The van der Waals surface area contributed by atoms with Crippen molar-refractivity contribution in [3.8, 4) is 0 Å². The van der Waals surface area contributed by atoms with Crippen molar-refractivity contribution >= 4 is 7.12 Å². The van der Waals surface area contributed by atoms with Gasteiger partial charge in [-0.1, -0.05) is 27.7 Å². The van der Waals surface area contributed by atoms with Crippen LogP contribution in [-0.2, 0) is 9.31 Å². The molecule has 4 fully saturated rings. The molecule has 0 aromatic heterocycles. The molecule has 2 N–H and O–H groups in total. The summed E-state index contributed by atoms with van der Waals surface area (Å²) in [5, 5.41) is 0. The van der Waals surface area contributed by atoms with Crippen LogP contribution in [0.2, 0.25) is 0 Å². The molecule has 4 heteroatoms. The van der Waals surface area contributed by atoms with E-state index in [9.17, 15) is 0 Å². The zero-order chi connectivity index (χ0) is 13.1. The van der Waals surface area contributed by atoms with E-state index in [1.165, 1.54) is 12.8 Å². The second kappa shape index (κ2) is 4.22. The Balaban J connectivity index is 1.65. The highest BCUT2D eigenvalue weighted by Gasteiger charge is 2.62. The maximum Gasteiger partial charge on any atom is 0.475 e. The van der Waals surface area contributed by atoms with E-state index in [1.807, 2.05) is 0 Å². The molecule has 3 saturated carbocycles. The van der Waals surface area contributed by atoms with E-state index >= 15 is 0 Å². The van der Waals surface area contributed by atoms with Gasteiger partial charge in [-0.15, -0.1) is 0 Å². The Labute approximate surface area is 111 Å². The lowest BCUT2D eigenvalue weighted by Gasteiger charge is -2.60. The van der Waals surface area contributed by atoms with Crippen LogP contribution in [0.15, 0.2) is 0 Å². The van der Waals surface area contributed by atoms with Crippen LogP contribution < -0.4 is 5.73 Å². The maximum atomic E-state index is 6.21. The Hall–Kier alpha value is -0.0551. The highest BCUT2D eigenvalue weighted by Crippen LogP contribution is 2.61. The van der Waals surface area contributed by atoms with Crippen LogP contribution in [0.5, 0.6) is 0 Å². The minimum Gasteiger partial charge on any atom is -0.405 e. The average molecular weight is 251 g/mol. The molecule has 2 unspecified atom stereocenters. The molecular formula is C14H26BNO2. The highest BCUT2D eigenvalue weighted by molar-refractivity contribution is 6.47. The van der Waals surface area contributed by atoms with Gasteiger partial charge in [0.05, 0.1) is 12.2 Å². The van der Waals surface area contributed by atoms with Crippen LogP contribution in [0.25, 0.3) is 0 Å². The van der Waals surface area contributed by atoms with Gasteiger partial charge in [-0.25, -0.2) is 0 Å². The first-order valence-electron chi connectivity index (χ1n) is 7.46. The molecule has 1 saturated heterocycles. The largest absolute Gasteiger partial charge is 0.475 e. The molecule has 3 nitrogen and oxygen atoms in total. The SMILES string of the molecule is CC(C)C[C@H](N)B1OC2C[C@@H]3C[C@H](C2O1)C3(C)C. The van der Waals surface area contributed by atoms with Crippen molar-refractivity contribution in [3.05, 3.63) is 0 Å². The summed E-state index contributed by atoms with van der Waals surface area (Å²) in [6, 6.07) is 0. The van der Waals surface area contributed by atoms with E-state index in [1.54, 1.807) is 0 Å². The van der Waals surface area contributed by atoms with Crippen LogP contribution in [-0.4, -0.2) is 25.3 Å². The molecule has 4 rings (SSSR count). The van der Waals surface area contributed by atoms with Gasteiger partial charge in [-0.05, 0) is 42.4 Å². The molecule has 0 radical (unpaired) electrons. The van der Waals surface area contributed by atoms with Gasteiger partial charge in [0.2, 0.25) is 0 Å². The summed E-state index contributed by atoms with van der Waals surface area (Å²) in [4.78, 5) is 0. The first kappa shape index (κ1) is 13.0. The molecule has 0 aromatic rings. The fourth-order valence-corrected chi connectivity index (χ4v) is 4.22. The fraction of sp³-hybridized carbons (Fsp3) is 1.00. The van der Waals surface area contributed by atoms with Gasteiger partial charge in [0.15, 0.2) is 0 Å². The summed E-state index contributed by atoms with van der Waals surface area (Å²) in [6.07, 6.45) is 4.07. The molecule has 4 aliphatic rings. The van der Waals surface area contributed by atoms with Crippen molar-refractivity contribution in [2.24, 2.45) is 28.9 Å². The summed E-state index contributed by atoms with van der Waals surface area (Å²) in [5.41, 5.74) is 6.66. The minimum absolute atomic E-state index is 0.0240. The Morgan fingerprint density at radius 2 is 2.00 bits per heavy atom. The molecule has 0 amide bonds. The first-order valence-corrected chi connectivity index (χ1v) is 7.46. The topological polar surface area (TPSA) is 44.5 Å². The summed E-state index contributed by atoms with van der Waals surface area (Å²) in [6.45, 7) is 9.16. The molecule has 1 heterocycles. The van der Waals surface area contributed by atoms with Crippen molar-refractivity contribution in [3.63, 3.8) is 0 Å². The average Bonchev–Trinajstić information content (AvgIpc) is 2.70. The van der Waals surface area contributed by atoms with Crippen molar-refractivity contribution < 1.29 is 9.31 Å². The van der Waals surface area contributed by atoms with E-state index < -0.39 is 0 Å². The van der Waals surface area contributed by atoms with Gasteiger partial charge in [0, 0.05) is 5.94 Å². The second-order valence-electron chi connectivity index (χ2n) is 7.53. The fourth-order valence-electron chi connectivity index (χ4n) is 4.22. The van der Waals surface area contributed by atoms with Gasteiger partial charge in [-0.2, -0.15) is 0 Å². The Morgan fingerprint density at radius 1 is 1.28 bits per heavy atom. The standard InChI is InChI=1S/C14H26BNO2/c1-8(2)5-12(16)15-17-11-7-9-6-10(13(11)18-15)14(9,3)4/h8-13H,5-7,16H2,1-4H3/t9-,10+,11?,12-,13?/m0/s1. The van der Waals surface area contributed by atoms with Gasteiger partial charge < -0.3 is 15.0 Å². The summed E-state index contributed by atoms with van der Waals surface area (Å²) in [7, 11) is -0.169. The molecule has 3 aliphatic carbocycles. The maximum absolute atomic E-state index is 6.21. The lowest BCUT2D eigenvalue weighted by atomic mass is 9.47. The number of hydrogen-bond acceptors (Lipinski definition) is 3. The lowest BCUT2D eigenvalue weighted by molar-refractivity contribution is -0.150. The summed E-state index contributed by atoms with van der Waals surface area (Å²) in [5.74, 6) is 2.13. The second-order valence-corrected chi connectivity index (χ2v) is 7.53. The molecule has 2 bridgehead atoms. The van der Waals surface area contributed by atoms with Crippen molar-refractivity contribution in [1.82, 2.24) is 0 Å². The van der Waals surface area contributed by atoms with E-state index in [-0.39, 0.29) is 13.1 Å². The van der Waals surface area contributed by atoms with E-state index in [4.69, 9.17) is 15.0 Å². The van der Waals surface area contributed by atoms with Crippen molar-refractivity contribution in [2.45, 2.75) is 65.1 Å². The normalized spacial score (nSPS) is 42.7. The molecule has 5 atom stereocenters. The van der Waals surface area contributed by atoms with E-state index in [0.29, 0.717) is 29.5 Å². The third kappa shape index (κ3) is 1.84. The van der Waals surface area contributed by atoms with Crippen LogP contribution in [0.3, 0.4) is 0 Å². The van der Waals surface area contributed by atoms with Crippen molar-refractivity contribution in [2.75, 3.05) is 0 Å². The minimum atomic E-state index is -0.169. The van der Waals surface area contributed by atoms with Crippen LogP contribution in [0, 0.1) is 23.2 Å². The molecule has 102 valence electrons. The highest BCUT2D eigenvalue weighted by atomic mass is 16.7. The van der Waals surface area contributed by atoms with E-state index in [0.717, 1.165) is 12.3 Å². The summed E-state index contributed by atoms with van der Waals surface area (Å²) < 4.78 is 12.2. The van der Waals surface area contributed by atoms with Crippen molar-refractivity contribution in [1.29, 1.82) is 0 Å². The van der Waals surface area contributed by atoms with Crippen LogP contribution in [0.4, 0.5) is 0 Å². The van der Waals surface area contributed by atoms with Gasteiger partial charge >= 0.3 is 7.12 Å².